The fourth-order valence-electron chi connectivity index (χ4n) is 0.797. The minimum absolute atomic E-state index is 0.105. The summed E-state index contributed by atoms with van der Waals surface area (Å²) >= 11 is 7.01. The van der Waals surface area contributed by atoms with Gasteiger partial charge in [-0.25, -0.2) is 8.78 Å². The van der Waals surface area contributed by atoms with Gasteiger partial charge in [0.1, 0.15) is 5.02 Å². The maximum atomic E-state index is 12.4. The number of hydrogen-bond acceptors (Lipinski definition) is 3. The van der Waals surface area contributed by atoms with E-state index >= 15 is 0 Å². The lowest BCUT2D eigenvalue weighted by Crippen LogP contribution is -1.99. The Morgan fingerprint density at radius 1 is 1.64 bits per heavy atom. The molecule has 1 rings (SSSR count). The van der Waals surface area contributed by atoms with Crippen LogP contribution in [0.15, 0.2) is 6.20 Å². The maximum Gasteiger partial charge on any atom is 0.382 e. The van der Waals surface area contributed by atoms with Crippen LogP contribution in [0.5, 0.6) is 0 Å². The number of pyridine rings is 1. The zero-order valence-electron chi connectivity index (χ0n) is 6.38. The van der Waals surface area contributed by atoms with Gasteiger partial charge in [-0.1, -0.05) is 11.6 Å². The largest absolute Gasteiger partial charge is 0.382 e. The molecular weight excluding hydrogens is 332 g/mol. The molecule has 14 heavy (non-hydrogen) atoms. The van der Waals surface area contributed by atoms with Crippen molar-refractivity contribution in [3.05, 3.63) is 30.5 Å². The molecule has 0 aliphatic rings. The standard InChI is InChI=1S/C6H2ClF2IN2O2/c7-4-3(5(8)9)2(10)1-11-6(4)12(13)14/h1,5H. The van der Waals surface area contributed by atoms with Crippen molar-refractivity contribution in [1.82, 2.24) is 4.98 Å². The van der Waals surface area contributed by atoms with Crippen LogP contribution < -0.4 is 0 Å². The first kappa shape index (κ1) is 11.5. The van der Waals surface area contributed by atoms with E-state index in [1.807, 2.05) is 0 Å². The average molecular weight is 334 g/mol. The first-order valence-electron chi connectivity index (χ1n) is 3.21. The van der Waals surface area contributed by atoms with E-state index in [1.165, 1.54) is 0 Å². The van der Waals surface area contributed by atoms with Gasteiger partial charge in [0.05, 0.1) is 9.13 Å². The Balaban J connectivity index is 3.41. The van der Waals surface area contributed by atoms with Crippen LogP contribution in [0.25, 0.3) is 0 Å². The summed E-state index contributed by atoms with van der Waals surface area (Å²) in [5, 5.41) is 9.72. The molecule has 0 aliphatic carbocycles. The molecule has 0 saturated heterocycles. The van der Waals surface area contributed by atoms with Crippen molar-refractivity contribution in [3.8, 4) is 0 Å². The van der Waals surface area contributed by atoms with Gasteiger partial charge in [0.2, 0.25) is 0 Å². The molecule has 0 spiro atoms. The Hall–Kier alpha value is -0.570. The molecule has 1 heterocycles. The number of halogens is 4. The summed E-state index contributed by atoms with van der Waals surface area (Å²) in [6, 6.07) is 0. The van der Waals surface area contributed by atoms with Gasteiger partial charge in [-0.05, 0) is 32.5 Å². The summed E-state index contributed by atoms with van der Waals surface area (Å²) < 4.78 is 24.9. The van der Waals surface area contributed by atoms with E-state index in [1.54, 1.807) is 22.6 Å². The lowest BCUT2D eigenvalue weighted by atomic mass is 10.3. The Morgan fingerprint density at radius 2 is 2.21 bits per heavy atom. The highest BCUT2D eigenvalue weighted by atomic mass is 127. The summed E-state index contributed by atoms with van der Waals surface area (Å²) in [5.41, 5.74) is -0.547. The highest BCUT2D eigenvalue weighted by Crippen LogP contribution is 2.35. The van der Waals surface area contributed by atoms with E-state index in [0.717, 1.165) is 6.20 Å². The normalized spacial score (nSPS) is 10.6. The molecule has 0 fully saturated rings. The maximum absolute atomic E-state index is 12.4. The van der Waals surface area contributed by atoms with Crippen LogP contribution >= 0.6 is 34.2 Å². The van der Waals surface area contributed by atoms with E-state index in [9.17, 15) is 18.9 Å². The zero-order chi connectivity index (χ0) is 10.9. The summed E-state index contributed by atoms with van der Waals surface area (Å²) in [6.07, 6.45) is -1.86. The van der Waals surface area contributed by atoms with E-state index < -0.39 is 27.8 Å². The number of nitro groups is 1. The number of alkyl halides is 2. The van der Waals surface area contributed by atoms with Crippen molar-refractivity contribution in [2.75, 3.05) is 0 Å². The summed E-state index contributed by atoms with van der Waals surface area (Å²) in [4.78, 5) is 12.8. The highest BCUT2D eigenvalue weighted by molar-refractivity contribution is 14.1. The lowest BCUT2D eigenvalue weighted by Gasteiger charge is -2.04. The molecule has 0 N–H and O–H groups in total. The van der Waals surface area contributed by atoms with Crippen LogP contribution in [-0.2, 0) is 0 Å². The van der Waals surface area contributed by atoms with Crippen LogP contribution in [0.1, 0.15) is 12.0 Å². The third-order valence-electron chi connectivity index (χ3n) is 1.38. The molecule has 0 aromatic carbocycles. The van der Waals surface area contributed by atoms with E-state index in [-0.39, 0.29) is 3.57 Å². The van der Waals surface area contributed by atoms with Crippen molar-refractivity contribution >= 4 is 40.0 Å². The van der Waals surface area contributed by atoms with Gasteiger partial charge in [-0.2, -0.15) is 0 Å². The Kier molecular flexibility index (Phi) is 3.53. The number of nitrogens with zero attached hydrogens (tertiary/aromatic N) is 2. The number of rotatable bonds is 2. The van der Waals surface area contributed by atoms with Gasteiger partial charge in [-0.15, -0.1) is 0 Å². The number of hydrogen-bond donors (Lipinski definition) is 0. The Bertz CT molecular complexity index is 388. The van der Waals surface area contributed by atoms with Crippen molar-refractivity contribution in [3.63, 3.8) is 0 Å². The van der Waals surface area contributed by atoms with Crippen molar-refractivity contribution in [1.29, 1.82) is 0 Å². The minimum Gasteiger partial charge on any atom is -0.358 e. The molecule has 8 heteroatoms. The second-order valence-electron chi connectivity index (χ2n) is 2.22. The fourth-order valence-corrected chi connectivity index (χ4v) is 1.90. The van der Waals surface area contributed by atoms with Crippen LogP contribution in [0.4, 0.5) is 14.6 Å². The third-order valence-corrected chi connectivity index (χ3v) is 2.61. The topological polar surface area (TPSA) is 56.0 Å². The van der Waals surface area contributed by atoms with E-state index in [0.29, 0.717) is 0 Å². The molecule has 76 valence electrons. The molecule has 0 saturated carbocycles. The monoisotopic (exact) mass is 334 g/mol. The molecule has 4 nitrogen and oxygen atoms in total. The molecular formula is C6H2ClF2IN2O2. The van der Waals surface area contributed by atoms with Gasteiger partial charge in [-0.3, -0.25) is 0 Å². The highest BCUT2D eigenvalue weighted by Gasteiger charge is 2.25. The molecule has 0 unspecified atom stereocenters. The lowest BCUT2D eigenvalue weighted by molar-refractivity contribution is -0.389. The molecule has 1 aromatic heterocycles. The third kappa shape index (κ3) is 2.08. The molecule has 0 bridgehead atoms. The predicted octanol–water partition coefficient (Wildman–Crippen LogP) is 3.19. The zero-order valence-corrected chi connectivity index (χ0v) is 9.29. The van der Waals surface area contributed by atoms with Gasteiger partial charge >= 0.3 is 5.82 Å². The van der Waals surface area contributed by atoms with Gasteiger partial charge in [0.15, 0.2) is 6.20 Å². The Labute approximate surface area is 95.6 Å². The first-order chi connectivity index (χ1) is 6.45. The summed E-state index contributed by atoms with van der Waals surface area (Å²) in [6.45, 7) is 0. The molecule has 0 amide bonds. The SMILES string of the molecule is O=[N+]([O-])c1ncc(I)c(C(F)F)c1Cl. The van der Waals surface area contributed by atoms with Gasteiger partial charge < -0.3 is 10.1 Å². The second kappa shape index (κ2) is 4.30. The fraction of sp³-hybridized carbons (Fsp3) is 0.167. The van der Waals surface area contributed by atoms with Crippen molar-refractivity contribution in [2.45, 2.75) is 6.43 Å². The van der Waals surface area contributed by atoms with E-state index in [4.69, 9.17) is 11.6 Å². The first-order valence-corrected chi connectivity index (χ1v) is 4.67. The van der Waals surface area contributed by atoms with Crippen LogP contribution in [0.3, 0.4) is 0 Å². The van der Waals surface area contributed by atoms with Crippen LogP contribution in [0, 0.1) is 13.7 Å². The Morgan fingerprint density at radius 3 is 2.64 bits per heavy atom. The molecule has 0 radical (unpaired) electrons. The predicted molar refractivity (Wildman–Crippen MR) is 53.6 cm³/mol. The average Bonchev–Trinajstić information content (AvgIpc) is 2.02. The minimum atomic E-state index is -2.85. The second-order valence-corrected chi connectivity index (χ2v) is 3.76. The smallest absolute Gasteiger partial charge is 0.358 e. The van der Waals surface area contributed by atoms with E-state index in [2.05, 4.69) is 4.98 Å². The molecule has 0 atom stereocenters. The quantitative estimate of drug-likeness (QED) is 0.474. The summed E-state index contributed by atoms with van der Waals surface area (Å²) in [7, 11) is 0. The summed E-state index contributed by atoms with van der Waals surface area (Å²) in [5.74, 6) is -0.748. The molecule has 0 aliphatic heterocycles. The van der Waals surface area contributed by atoms with Crippen molar-refractivity contribution < 1.29 is 13.7 Å². The van der Waals surface area contributed by atoms with Gasteiger partial charge in [0, 0.05) is 0 Å². The van der Waals surface area contributed by atoms with Crippen molar-refractivity contribution in [2.24, 2.45) is 0 Å². The van der Waals surface area contributed by atoms with Gasteiger partial charge in [0.25, 0.3) is 6.43 Å². The number of aromatic nitrogens is 1. The van der Waals surface area contributed by atoms with Crippen LogP contribution in [-0.4, -0.2) is 9.91 Å². The van der Waals surface area contributed by atoms with Crippen LogP contribution in [0.2, 0.25) is 5.02 Å². The molecule has 1 aromatic rings.